The Hall–Kier alpha value is -3.09. The van der Waals surface area contributed by atoms with Gasteiger partial charge in [-0.25, -0.2) is 0 Å². The Morgan fingerprint density at radius 1 is 1.03 bits per heavy atom. The molecule has 7 heteroatoms. The number of carbonyl (C=O) groups is 3. The van der Waals surface area contributed by atoms with Crippen molar-refractivity contribution in [2.24, 2.45) is 0 Å². The number of aryl methyl sites for hydroxylation is 1. The van der Waals surface area contributed by atoms with Gasteiger partial charge in [-0.05, 0) is 46.1 Å². The molecule has 1 aromatic heterocycles. The monoisotopic (exact) mass is 429 g/mol. The first-order valence-electron chi connectivity index (χ1n) is 10.2. The average Bonchev–Trinajstić information content (AvgIpc) is 3.18. The lowest BCUT2D eigenvalue weighted by atomic mass is 9.78. The Kier molecular flexibility index (Phi) is 7.31. The first-order valence-corrected chi connectivity index (χ1v) is 10.2. The Balaban J connectivity index is 1.98. The molecular weight excluding hydrogens is 398 g/mol. The van der Waals surface area contributed by atoms with E-state index in [1.54, 1.807) is 0 Å². The lowest BCUT2D eigenvalue weighted by Gasteiger charge is -2.28. The van der Waals surface area contributed by atoms with Crippen LogP contribution in [0.4, 0.5) is 0 Å². The van der Waals surface area contributed by atoms with Crippen LogP contribution in [0.2, 0.25) is 0 Å². The molecule has 2 rings (SSSR count). The number of aromatic hydroxyl groups is 1. The van der Waals surface area contributed by atoms with Crippen molar-refractivity contribution >= 4 is 17.8 Å². The van der Waals surface area contributed by atoms with Gasteiger partial charge in [-0.1, -0.05) is 53.7 Å². The van der Waals surface area contributed by atoms with E-state index in [4.69, 9.17) is 9.15 Å². The maximum Gasteiger partial charge on any atom is 0.306 e. The van der Waals surface area contributed by atoms with Gasteiger partial charge in [0.25, 0.3) is 11.8 Å². The molecule has 0 radical (unpaired) electrons. The highest BCUT2D eigenvalue weighted by Crippen LogP contribution is 2.39. The number of amides is 2. The van der Waals surface area contributed by atoms with Gasteiger partial charge in [-0.15, -0.1) is 0 Å². The Labute approximate surface area is 182 Å². The molecule has 7 nitrogen and oxygen atoms in total. The molecule has 168 valence electrons. The number of rotatable bonds is 6. The smallest absolute Gasteiger partial charge is 0.306 e. The van der Waals surface area contributed by atoms with Crippen LogP contribution in [0.25, 0.3) is 0 Å². The fourth-order valence-corrected chi connectivity index (χ4v) is 3.08. The molecule has 31 heavy (non-hydrogen) atoms. The highest BCUT2D eigenvalue weighted by Gasteiger charge is 2.26. The lowest BCUT2D eigenvalue weighted by Crippen LogP contribution is -2.34. The summed E-state index contributed by atoms with van der Waals surface area (Å²) in [6.45, 7) is 11.6. The largest absolute Gasteiger partial charge is 0.507 e. The number of phenolic OH excluding ortho intramolecular Hbond substituents is 1. The van der Waals surface area contributed by atoms with E-state index in [1.165, 1.54) is 18.4 Å². The van der Waals surface area contributed by atoms with E-state index in [0.717, 1.165) is 16.7 Å². The predicted octanol–water partition coefficient (Wildman–Crippen LogP) is 4.01. The summed E-state index contributed by atoms with van der Waals surface area (Å²) in [4.78, 5) is 35.6. The third kappa shape index (κ3) is 6.70. The summed E-state index contributed by atoms with van der Waals surface area (Å²) in [6, 6.07) is 6.77. The summed E-state index contributed by atoms with van der Waals surface area (Å²) >= 11 is 0. The van der Waals surface area contributed by atoms with E-state index in [1.807, 2.05) is 53.7 Å². The Bertz CT molecular complexity index is 910. The summed E-state index contributed by atoms with van der Waals surface area (Å²) in [5.41, 5.74) is 2.01. The van der Waals surface area contributed by atoms with Crippen molar-refractivity contribution in [3.63, 3.8) is 0 Å². The molecular formula is C24H31NO6. The van der Waals surface area contributed by atoms with Crippen LogP contribution < -0.4 is 5.32 Å². The first kappa shape index (κ1) is 24.2. The zero-order chi connectivity index (χ0) is 23.4. The molecule has 2 aromatic rings. The number of furan rings is 1. The van der Waals surface area contributed by atoms with Crippen LogP contribution in [0.3, 0.4) is 0 Å². The fraction of sp³-hybridized carbons (Fsp3) is 0.458. The molecule has 1 aromatic carbocycles. The molecule has 0 atom stereocenters. The van der Waals surface area contributed by atoms with Crippen molar-refractivity contribution in [1.82, 2.24) is 5.32 Å². The minimum Gasteiger partial charge on any atom is -0.507 e. The molecule has 0 aliphatic rings. The van der Waals surface area contributed by atoms with Gasteiger partial charge in [-0.3, -0.25) is 19.7 Å². The normalized spacial score (nSPS) is 11.8. The van der Waals surface area contributed by atoms with Crippen LogP contribution in [-0.2, 0) is 31.6 Å². The van der Waals surface area contributed by atoms with E-state index < -0.39 is 24.4 Å². The van der Waals surface area contributed by atoms with Gasteiger partial charge in [0.1, 0.15) is 5.75 Å². The number of esters is 1. The van der Waals surface area contributed by atoms with Crippen LogP contribution in [0.15, 0.2) is 34.9 Å². The van der Waals surface area contributed by atoms with E-state index in [9.17, 15) is 19.5 Å². The fourth-order valence-electron chi connectivity index (χ4n) is 3.08. The SMILES string of the molecule is CC(C)(C)c1cc(CCC(=O)OCC(=O)NC(=O)c2ccco2)cc(C(C)(C)C)c1O. The predicted molar refractivity (Wildman–Crippen MR) is 116 cm³/mol. The van der Waals surface area contributed by atoms with Crippen molar-refractivity contribution in [2.75, 3.05) is 6.61 Å². The van der Waals surface area contributed by atoms with Gasteiger partial charge >= 0.3 is 5.97 Å². The van der Waals surface area contributed by atoms with Crippen LogP contribution in [0.5, 0.6) is 5.75 Å². The quantitative estimate of drug-likeness (QED) is 0.672. The molecule has 0 fully saturated rings. The molecule has 0 aliphatic carbocycles. The third-order valence-corrected chi connectivity index (χ3v) is 4.77. The standard InChI is InChI=1S/C24H31NO6/c1-23(2,3)16-12-15(13-17(21(16)28)24(4,5)6)9-10-20(27)31-14-19(26)25-22(29)18-8-7-11-30-18/h7-8,11-13,28H,9-10,14H2,1-6H3,(H,25,26,29). The van der Waals surface area contributed by atoms with Crippen LogP contribution >= 0.6 is 0 Å². The van der Waals surface area contributed by atoms with E-state index in [-0.39, 0.29) is 28.8 Å². The molecule has 2 amide bonds. The van der Waals surface area contributed by atoms with Crippen LogP contribution in [0.1, 0.15) is 75.2 Å². The number of ether oxygens (including phenoxy) is 1. The van der Waals surface area contributed by atoms with Crippen molar-refractivity contribution in [2.45, 2.75) is 65.2 Å². The molecule has 0 saturated carbocycles. The molecule has 0 aliphatic heterocycles. The van der Waals surface area contributed by atoms with Gasteiger partial charge in [0.15, 0.2) is 12.4 Å². The second kappa shape index (κ2) is 9.37. The second-order valence-electron chi connectivity index (χ2n) is 9.55. The van der Waals surface area contributed by atoms with Gasteiger partial charge in [0, 0.05) is 6.42 Å². The van der Waals surface area contributed by atoms with E-state index in [2.05, 4.69) is 5.32 Å². The summed E-state index contributed by atoms with van der Waals surface area (Å²) in [7, 11) is 0. The van der Waals surface area contributed by atoms with Crippen LogP contribution in [0, 0.1) is 0 Å². The van der Waals surface area contributed by atoms with Gasteiger partial charge in [0.05, 0.1) is 6.26 Å². The number of benzene rings is 1. The first-order chi connectivity index (χ1) is 14.3. The van der Waals surface area contributed by atoms with E-state index in [0.29, 0.717) is 6.42 Å². The number of nitrogens with one attached hydrogen (secondary N) is 1. The molecule has 0 spiro atoms. The molecule has 1 heterocycles. The maximum atomic E-state index is 12.1. The molecule has 0 saturated heterocycles. The maximum absolute atomic E-state index is 12.1. The number of hydrogen-bond donors (Lipinski definition) is 2. The minimum absolute atomic E-state index is 0.00342. The van der Waals surface area contributed by atoms with Gasteiger partial charge < -0.3 is 14.3 Å². The minimum atomic E-state index is -0.732. The summed E-state index contributed by atoms with van der Waals surface area (Å²) < 4.78 is 9.87. The number of carbonyl (C=O) groups excluding carboxylic acids is 3. The Morgan fingerprint density at radius 3 is 2.10 bits per heavy atom. The highest BCUT2D eigenvalue weighted by molar-refractivity contribution is 6.03. The van der Waals surface area contributed by atoms with Gasteiger partial charge in [-0.2, -0.15) is 0 Å². The topological polar surface area (TPSA) is 106 Å². The van der Waals surface area contributed by atoms with Crippen molar-refractivity contribution in [1.29, 1.82) is 0 Å². The van der Waals surface area contributed by atoms with Crippen molar-refractivity contribution in [3.05, 3.63) is 53.0 Å². The summed E-state index contributed by atoms with van der Waals surface area (Å²) in [5.74, 6) is -1.70. The molecule has 0 unspecified atom stereocenters. The zero-order valence-electron chi connectivity index (χ0n) is 19.0. The average molecular weight is 430 g/mol. The van der Waals surface area contributed by atoms with Crippen molar-refractivity contribution < 1.29 is 28.6 Å². The van der Waals surface area contributed by atoms with Crippen molar-refractivity contribution in [3.8, 4) is 5.75 Å². The van der Waals surface area contributed by atoms with E-state index >= 15 is 0 Å². The molecule has 2 N–H and O–H groups in total. The number of phenols is 1. The number of hydrogen-bond acceptors (Lipinski definition) is 6. The number of imide groups is 1. The summed E-state index contributed by atoms with van der Waals surface area (Å²) in [6.07, 6.45) is 1.79. The second-order valence-corrected chi connectivity index (χ2v) is 9.55. The zero-order valence-corrected chi connectivity index (χ0v) is 19.0. The lowest BCUT2D eigenvalue weighted by molar-refractivity contribution is -0.148. The summed E-state index contributed by atoms with van der Waals surface area (Å²) in [5, 5.41) is 12.9. The Morgan fingerprint density at radius 2 is 1.61 bits per heavy atom. The third-order valence-electron chi connectivity index (χ3n) is 4.77. The highest BCUT2D eigenvalue weighted by atomic mass is 16.5. The van der Waals surface area contributed by atoms with Crippen LogP contribution in [-0.4, -0.2) is 29.5 Å². The molecule has 0 bridgehead atoms. The van der Waals surface area contributed by atoms with Gasteiger partial charge in [0.2, 0.25) is 0 Å².